The van der Waals surface area contributed by atoms with Gasteiger partial charge in [0.2, 0.25) is 0 Å². The van der Waals surface area contributed by atoms with Gasteiger partial charge in [0.25, 0.3) is 0 Å². The molecular weight excluding hydrogens is 208 g/mol. The fourth-order valence-electron chi connectivity index (χ4n) is 1.55. The molecule has 0 radical (unpaired) electrons. The van der Waals surface area contributed by atoms with Crippen molar-refractivity contribution in [2.24, 2.45) is 0 Å². The summed E-state index contributed by atoms with van der Waals surface area (Å²) in [7, 11) is 5.24. The van der Waals surface area contributed by atoms with E-state index in [0.717, 1.165) is 26.1 Å². The largest absolute Gasteiger partial charge is 0.390 e. The first-order chi connectivity index (χ1) is 7.74. The van der Waals surface area contributed by atoms with Gasteiger partial charge in [-0.25, -0.2) is 0 Å². The summed E-state index contributed by atoms with van der Waals surface area (Å²) in [5.41, 5.74) is 0. The molecular formula is C11H26N2O3. The fourth-order valence-corrected chi connectivity index (χ4v) is 1.55. The molecule has 0 fully saturated rings. The summed E-state index contributed by atoms with van der Waals surface area (Å²) in [5.74, 6) is 0. The van der Waals surface area contributed by atoms with Crippen LogP contribution in [0, 0.1) is 0 Å². The van der Waals surface area contributed by atoms with Gasteiger partial charge in [0.15, 0.2) is 0 Å². The zero-order valence-corrected chi connectivity index (χ0v) is 10.7. The van der Waals surface area contributed by atoms with Gasteiger partial charge >= 0.3 is 0 Å². The third-order valence-corrected chi connectivity index (χ3v) is 2.34. The van der Waals surface area contributed by atoms with E-state index < -0.39 is 0 Å². The monoisotopic (exact) mass is 234 g/mol. The zero-order chi connectivity index (χ0) is 12.2. The minimum atomic E-state index is -0.329. The summed E-state index contributed by atoms with van der Waals surface area (Å²) in [6, 6.07) is 0. The lowest BCUT2D eigenvalue weighted by Crippen LogP contribution is -2.39. The molecule has 16 heavy (non-hydrogen) atoms. The van der Waals surface area contributed by atoms with Crippen LogP contribution in [-0.4, -0.2) is 76.8 Å². The van der Waals surface area contributed by atoms with Crippen molar-refractivity contribution < 1.29 is 14.6 Å². The highest BCUT2D eigenvalue weighted by molar-refractivity contribution is 4.66. The highest BCUT2D eigenvalue weighted by atomic mass is 16.5. The summed E-state index contributed by atoms with van der Waals surface area (Å²) >= 11 is 0. The highest BCUT2D eigenvalue weighted by Crippen LogP contribution is 1.95. The van der Waals surface area contributed by atoms with Gasteiger partial charge in [-0.1, -0.05) is 0 Å². The van der Waals surface area contributed by atoms with Crippen molar-refractivity contribution in [1.82, 2.24) is 10.2 Å². The number of nitrogens with zero attached hydrogens (tertiary/aromatic N) is 1. The Hall–Kier alpha value is -0.200. The van der Waals surface area contributed by atoms with E-state index >= 15 is 0 Å². The second kappa shape index (κ2) is 11.3. The third kappa shape index (κ3) is 9.06. The summed E-state index contributed by atoms with van der Waals surface area (Å²) in [6.07, 6.45) is 0.649. The van der Waals surface area contributed by atoms with Crippen molar-refractivity contribution in [1.29, 1.82) is 0 Å². The molecule has 0 saturated carbocycles. The van der Waals surface area contributed by atoms with Gasteiger partial charge < -0.3 is 19.9 Å². The average molecular weight is 234 g/mol. The van der Waals surface area contributed by atoms with Crippen LogP contribution in [0.4, 0.5) is 0 Å². The predicted octanol–water partition coefficient (Wildman–Crippen LogP) is -0.448. The topological polar surface area (TPSA) is 54.0 Å². The average Bonchev–Trinajstić information content (AvgIpc) is 2.26. The molecule has 98 valence electrons. The fraction of sp³-hybridized carbons (Fsp3) is 1.00. The van der Waals surface area contributed by atoms with Crippen LogP contribution in [0.25, 0.3) is 0 Å². The van der Waals surface area contributed by atoms with E-state index in [0.29, 0.717) is 19.7 Å². The van der Waals surface area contributed by atoms with Gasteiger partial charge in [0, 0.05) is 47.0 Å². The number of hydrogen-bond acceptors (Lipinski definition) is 5. The zero-order valence-electron chi connectivity index (χ0n) is 10.7. The van der Waals surface area contributed by atoms with Crippen LogP contribution in [0.3, 0.4) is 0 Å². The second-order valence-electron chi connectivity index (χ2n) is 3.85. The molecule has 0 rings (SSSR count). The number of aliphatic hydroxyl groups is 1. The van der Waals surface area contributed by atoms with Crippen molar-refractivity contribution in [3.8, 4) is 0 Å². The third-order valence-electron chi connectivity index (χ3n) is 2.34. The van der Waals surface area contributed by atoms with Gasteiger partial charge in [-0.2, -0.15) is 0 Å². The lowest BCUT2D eigenvalue weighted by molar-refractivity contribution is 0.0825. The van der Waals surface area contributed by atoms with Crippen molar-refractivity contribution in [3.05, 3.63) is 0 Å². The van der Waals surface area contributed by atoms with E-state index in [9.17, 15) is 5.11 Å². The van der Waals surface area contributed by atoms with Crippen molar-refractivity contribution in [3.63, 3.8) is 0 Å². The number of aliphatic hydroxyl groups excluding tert-OH is 1. The number of methoxy groups -OCH3 is 2. The van der Waals surface area contributed by atoms with E-state index in [4.69, 9.17) is 9.47 Å². The molecule has 0 aliphatic heterocycles. The van der Waals surface area contributed by atoms with Crippen LogP contribution in [-0.2, 0) is 9.47 Å². The van der Waals surface area contributed by atoms with Crippen LogP contribution in [0.2, 0.25) is 0 Å². The number of ether oxygens (including phenoxy) is 2. The first-order valence-corrected chi connectivity index (χ1v) is 5.77. The first kappa shape index (κ1) is 15.8. The van der Waals surface area contributed by atoms with Gasteiger partial charge in [0.1, 0.15) is 0 Å². The Kier molecular flexibility index (Phi) is 11.1. The molecule has 0 aromatic carbocycles. The highest BCUT2D eigenvalue weighted by Gasteiger charge is 2.10. The van der Waals surface area contributed by atoms with Gasteiger partial charge in [0.05, 0.1) is 12.7 Å². The van der Waals surface area contributed by atoms with E-state index in [1.165, 1.54) is 0 Å². The van der Waals surface area contributed by atoms with Crippen molar-refractivity contribution >= 4 is 0 Å². The molecule has 0 saturated heterocycles. The standard InChI is InChI=1S/C11H26N2O3/c1-12-9-11(14)10-13(6-8-16-3)5-4-7-15-2/h11-12,14H,4-10H2,1-3H3. The molecule has 0 spiro atoms. The molecule has 2 N–H and O–H groups in total. The first-order valence-electron chi connectivity index (χ1n) is 5.77. The smallest absolute Gasteiger partial charge is 0.0791 e. The van der Waals surface area contributed by atoms with Crippen molar-refractivity contribution in [2.75, 3.05) is 60.7 Å². The lowest BCUT2D eigenvalue weighted by Gasteiger charge is -2.24. The molecule has 0 amide bonds. The molecule has 0 aliphatic rings. The second-order valence-corrected chi connectivity index (χ2v) is 3.85. The molecule has 0 aromatic heterocycles. The minimum Gasteiger partial charge on any atom is -0.390 e. The van der Waals surface area contributed by atoms with Crippen LogP contribution < -0.4 is 5.32 Å². The molecule has 5 nitrogen and oxygen atoms in total. The van der Waals surface area contributed by atoms with Gasteiger partial charge in [-0.3, -0.25) is 4.90 Å². The SMILES string of the molecule is CNCC(O)CN(CCCOC)CCOC. The Balaban J connectivity index is 3.78. The predicted molar refractivity (Wildman–Crippen MR) is 64.7 cm³/mol. The van der Waals surface area contributed by atoms with Gasteiger partial charge in [-0.15, -0.1) is 0 Å². The van der Waals surface area contributed by atoms with Crippen LogP contribution in [0.15, 0.2) is 0 Å². The van der Waals surface area contributed by atoms with Gasteiger partial charge in [-0.05, 0) is 13.5 Å². The van der Waals surface area contributed by atoms with E-state index in [2.05, 4.69) is 10.2 Å². The summed E-state index contributed by atoms with van der Waals surface area (Å²) in [6.45, 7) is 4.52. The number of likely N-dealkylation sites (N-methyl/N-ethyl adjacent to an activating group) is 1. The maximum atomic E-state index is 9.70. The van der Waals surface area contributed by atoms with E-state index in [1.807, 2.05) is 7.05 Å². The van der Waals surface area contributed by atoms with Crippen LogP contribution in [0.5, 0.6) is 0 Å². The quantitative estimate of drug-likeness (QED) is 0.474. The normalized spacial score (nSPS) is 13.3. The molecule has 1 atom stereocenters. The maximum absolute atomic E-state index is 9.70. The summed E-state index contributed by atoms with van der Waals surface area (Å²) < 4.78 is 10.1. The Morgan fingerprint density at radius 1 is 1.19 bits per heavy atom. The Labute approximate surface area is 98.7 Å². The van der Waals surface area contributed by atoms with Crippen LogP contribution >= 0.6 is 0 Å². The molecule has 0 heterocycles. The van der Waals surface area contributed by atoms with Crippen LogP contribution in [0.1, 0.15) is 6.42 Å². The molecule has 1 unspecified atom stereocenters. The number of hydrogen-bond donors (Lipinski definition) is 2. The number of rotatable bonds is 11. The summed E-state index contributed by atoms with van der Waals surface area (Å²) in [5, 5.41) is 12.7. The van der Waals surface area contributed by atoms with Crippen molar-refractivity contribution in [2.45, 2.75) is 12.5 Å². The maximum Gasteiger partial charge on any atom is 0.0791 e. The molecule has 5 heteroatoms. The Morgan fingerprint density at radius 3 is 2.44 bits per heavy atom. The Morgan fingerprint density at radius 2 is 1.88 bits per heavy atom. The summed E-state index contributed by atoms with van der Waals surface area (Å²) in [4.78, 5) is 2.20. The lowest BCUT2D eigenvalue weighted by atomic mass is 10.3. The molecule has 0 aliphatic carbocycles. The minimum absolute atomic E-state index is 0.329. The van der Waals surface area contributed by atoms with E-state index in [-0.39, 0.29) is 6.10 Å². The molecule has 0 aromatic rings. The Bertz CT molecular complexity index is 147. The van der Waals surface area contributed by atoms with E-state index in [1.54, 1.807) is 14.2 Å². The number of nitrogens with one attached hydrogen (secondary N) is 1. The molecule has 0 bridgehead atoms.